The number of carbonyl (C=O) groups excluding carboxylic acids is 2. The van der Waals surface area contributed by atoms with Crippen LogP contribution in [-0.2, 0) is 16.1 Å². The Morgan fingerprint density at radius 2 is 1.88 bits per heavy atom. The summed E-state index contributed by atoms with van der Waals surface area (Å²) in [6.45, 7) is 3.93. The summed E-state index contributed by atoms with van der Waals surface area (Å²) in [6.07, 6.45) is 3.30. The van der Waals surface area contributed by atoms with E-state index in [1.165, 1.54) is 9.58 Å². The molecule has 2 N–H and O–H groups in total. The number of aryl methyl sites for hydroxylation is 1. The van der Waals surface area contributed by atoms with E-state index < -0.39 is 6.04 Å². The van der Waals surface area contributed by atoms with Gasteiger partial charge in [-0.05, 0) is 26.0 Å². The molecule has 24 heavy (non-hydrogen) atoms. The zero-order valence-corrected chi connectivity index (χ0v) is 14.4. The van der Waals surface area contributed by atoms with Gasteiger partial charge >= 0.3 is 0 Å². The summed E-state index contributed by atoms with van der Waals surface area (Å²) in [6, 6.07) is 7.18. The van der Waals surface area contributed by atoms with Gasteiger partial charge in [-0.2, -0.15) is 5.10 Å². The van der Waals surface area contributed by atoms with Crippen molar-refractivity contribution >= 4 is 23.2 Å². The fourth-order valence-electron chi connectivity index (χ4n) is 2.01. The lowest BCUT2D eigenvalue weighted by atomic mass is 10.2. The van der Waals surface area contributed by atoms with Crippen LogP contribution in [0, 0.1) is 6.92 Å². The topological polar surface area (TPSA) is 79.3 Å². The summed E-state index contributed by atoms with van der Waals surface area (Å²) in [5, 5.41) is 10.0. The maximum atomic E-state index is 12.2. The SMILES string of the molecule is Cc1ccc(NC(=O)C(C)Nc2cnn(CC(=O)N(C)C)c2)cc1. The number of hydrogen-bond donors (Lipinski definition) is 2. The van der Waals surface area contributed by atoms with Gasteiger partial charge in [0.05, 0.1) is 11.9 Å². The Hall–Kier alpha value is -2.83. The zero-order valence-electron chi connectivity index (χ0n) is 14.4. The number of anilines is 2. The number of hydrogen-bond acceptors (Lipinski definition) is 4. The first-order valence-corrected chi connectivity index (χ1v) is 7.72. The molecule has 1 atom stereocenters. The van der Waals surface area contributed by atoms with E-state index in [0.717, 1.165) is 11.3 Å². The number of benzene rings is 1. The molecule has 0 saturated heterocycles. The molecule has 0 aliphatic heterocycles. The van der Waals surface area contributed by atoms with Crippen molar-refractivity contribution in [3.05, 3.63) is 42.2 Å². The Kier molecular flexibility index (Phi) is 5.57. The van der Waals surface area contributed by atoms with Gasteiger partial charge in [-0.3, -0.25) is 14.3 Å². The predicted molar refractivity (Wildman–Crippen MR) is 93.8 cm³/mol. The largest absolute Gasteiger partial charge is 0.371 e. The van der Waals surface area contributed by atoms with E-state index in [0.29, 0.717) is 5.69 Å². The van der Waals surface area contributed by atoms with Crippen LogP contribution in [0.15, 0.2) is 36.7 Å². The second-order valence-electron chi connectivity index (χ2n) is 5.94. The molecular formula is C17H23N5O2. The van der Waals surface area contributed by atoms with E-state index in [1.807, 2.05) is 31.2 Å². The van der Waals surface area contributed by atoms with Crippen molar-refractivity contribution in [3.63, 3.8) is 0 Å². The normalized spacial score (nSPS) is 11.7. The number of carbonyl (C=O) groups is 2. The summed E-state index contributed by atoms with van der Waals surface area (Å²) >= 11 is 0. The van der Waals surface area contributed by atoms with Crippen LogP contribution < -0.4 is 10.6 Å². The molecule has 1 heterocycles. The minimum Gasteiger partial charge on any atom is -0.371 e. The third-order valence-electron chi connectivity index (χ3n) is 3.52. The molecule has 0 spiro atoms. The highest BCUT2D eigenvalue weighted by Gasteiger charge is 2.14. The first kappa shape index (κ1) is 17.5. The molecule has 0 bridgehead atoms. The van der Waals surface area contributed by atoms with Crippen LogP contribution in [0.5, 0.6) is 0 Å². The number of nitrogens with zero attached hydrogens (tertiary/aromatic N) is 3. The van der Waals surface area contributed by atoms with Crippen molar-refractivity contribution in [1.82, 2.24) is 14.7 Å². The minimum absolute atomic E-state index is 0.0465. The summed E-state index contributed by atoms with van der Waals surface area (Å²) in [7, 11) is 3.39. The third kappa shape index (κ3) is 4.84. The maximum absolute atomic E-state index is 12.2. The second kappa shape index (κ2) is 7.63. The standard InChI is InChI=1S/C17H23N5O2/c1-12-5-7-14(8-6-12)20-17(24)13(2)19-15-9-18-22(10-15)11-16(23)21(3)4/h5-10,13,19H,11H2,1-4H3,(H,20,24). The van der Waals surface area contributed by atoms with Gasteiger partial charge < -0.3 is 15.5 Å². The van der Waals surface area contributed by atoms with Gasteiger partial charge in [0.15, 0.2) is 0 Å². The smallest absolute Gasteiger partial charge is 0.246 e. The lowest BCUT2D eigenvalue weighted by Crippen LogP contribution is -2.31. The average molecular weight is 329 g/mol. The number of likely N-dealkylation sites (N-methyl/N-ethyl adjacent to an activating group) is 1. The number of rotatable bonds is 6. The lowest BCUT2D eigenvalue weighted by molar-refractivity contribution is -0.129. The summed E-state index contributed by atoms with van der Waals surface area (Å²) in [5.74, 6) is -0.189. The van der Waals surface area contributed by atoms with Crippen LogP contribution in [0.25, 0.3) is 0 Å². The quantitative estimate of drug-likeness (QED) is 0.846. The summed E-state index contributed by atoms with van der Waals surface area (Å²) in [5.41, 5.74) is 2.58. The first-order chi connectivity index (χ1) is 11.3. The van der Waals surface area contributed by atoms with Gasteiger partial charge in [0, 0.05) is 26.0 Å². The lowest BCUT2D eigenvalue weighted by Gasteiger charge is -2.14. The number of nitrogens with one attached hydrogen (secondary N) is 2. The molecule has 0 saturated carbocycles. The van der Waals surface area contributed by atoms with Gasteiger partial charge in [0.2, 0.25) is 11.8 Å². The van der Waals surface area contributed by atoms with E-state index >= 15 is 0 Å². The molecule has 1 unspecified atom stereocenters. The average Bonchev–Trinajstić information content (AvgIpc) is 2.96. The highest BCUT2D eigenvalue weighted by atomic mass is 16.2. The Morgan fingerprint density at radius 1 is 1.21 bits per heavy atom. The molecule has 2 amide bonds. The van der Waals surface area contributed by atoms with E-state index in [2.05, 4.69) is 15.7 Å². The van der Waals surface area contributed by atoms with Crippen LogP contribution in [-0.4, -0.2) is 46.6 Å². The van der Waals surface area contributed by atoms with Gasteiger partial charge in [-0.1, -0.05) is 17.7 Å². The van der Waals surface area contributed by atoms with Crippen molar-refractivity contribution in [2.24, 2.45) is 0 Å². The molecular weight excluding hydrogens is 306 g/mol. The Balaban J connectivity index is 1.90. The molecule has 1 aromatic carbocycles. The van der Waals surface area contributed by atoms with Crippen LogP contribution in [0.4, 0.5) is 11.4 Å². The summed E-state index contributed by atoms with van der Waals surface area (Å²) < 4.78 is 1.54. The number of aromatic nitrogens is 2. The van der Waals surface area contributed by atoms with Gasteiger partial charge in [-0.15, -0.1) is 0 Å². The first-order valence-electron chi connectivity index (χ1n) is 7.72. The van der Waals surface area contributed by atoms with E-state index in [9.17, 15) is 9.59 Å². The van der Waals surface area contributed by atoms with Crippen LogP contribution in [0.3, 0.4) is 0 Å². The molecule has 7 nitrogen and oxygen atoms in total. The molecule has 0 aliphatic rings. The molecule has 2 aromatic rings. The Labute approximate surface area is 141 Å². The van der Waals surface area contributed by atoms with E-state index in [1.54, 1.807) is 33.4 Å². The fourth-order valence-corrected chi connectivity index (χ4v) is 2.01. The van der Waals surface area contributed by atoms with Crippen LogP contribution >= 0.6 is 0 Å². The summed E-state index contributed by atoms with van der Waals surface area (Å²) in [4.78, 5) is 25.4. The van der Waals surface area contributed by atoms with Crippen molar-refractivity contribution in [2.75, 3.05) is 24.7 Å². The minimum atomic E-state index is -0.437. The third-order valence-corrected chi connectivity index (χ3v) is 3.52. The van der Waals surface area contributed by atoms with Crippen molar-refractivity contribution in [2.45, 2.75) is 26.4 Å². The van der Waals surface area contributed by atoms with E-state index in [-0.39, 0.29) is 18.4 Å². The van der Waals surface area contributed by atoms with Crippen molar-refractivity contribution in [3.8, 4) is 0 Å². The Morgan fingerprint density at radius 3 is 2.50 bits per heavy atom. The molecule has 1 aromatic heterocycles. The monoisotopic (exact) mass is 329 g/mol. The molecule has 0 aliphatic carbocycles. The predicted octanol–water partition coefficient (Wildman–Crippen LogP) is 1.72. The molecule has 0 fully saturated rings. The van der Waals surface area contributed by atoms with Crippen LogP contribution in [0.2, 0.25) is 0 Å². The van der Waals surface area contributed by atoms with Crippen molar-refractivity contribution < 1.29 is 9.59 Å². The molecule has 0 radical (unpaired) electrons. The van der Waals surface area contributed by atoms with Gasteiger partial charge in [-0.25, -0.2) is 0 Å². The molecule has 7 heteroatoms. The van der Waals surface area contributed by atoms with E-state index in [4.69, 9.17) is 0 Å². The zero-order chi connectivity index (χ0) is 17.7. The maximum Gasteiger partial charge on any atom is 0.246 e. The second-order valence-corrected chi connectivity index (χ2v) is 5.94. The van der Waals surface area contributed by atoms with Gasteiger partial charge in [0.25, 0.3) is 0 Å². The molecule has 128 valence electrons. The Bertz CT molecular complexity index is 706. The van der Waals surface area contributed by atoms with Gasteiger partial charge in [0.1, 0.15) is 12.6 Å². The van der Waals surface area contributed by atoms with Crippen molar-refractivity contribution in [1.29, 1.82) is 0 Å². The molecule has 2 rings (SSSR count). The van der Waals surface area contributed by atoms with Crippen LogP contribution in [0.1, 0.15) is 12.5 Å². The highest BCUT2D eigenvalue weighted by Crippen LogP contribution is 2.11. The highest BCUT2D eigenvalue weighted by molar-refractivity contribution is 5.96. The fraction of sp³-hybridized carbons (Fsp3) is 0.353. The number of amides is 2.